The van der Waals surface area contributed by atoms with Gasteiger partial charge in [-0.3, -0.25) is 4.90 Å². The zero-order valence-electron chi connectivity index (χ0n) is 10.6. The molecule has 1 aliphatic heterocycles. The van der Waals surface area contributed by atoms with E-state index >= 15 is 0 Å². The number of hydrogen-bond acceptors (Lipinski definition) is 2. The van der Waals surface area contributed by atoms with Gasteiger partial charge in [-0.1, -0.05) is 20.3 Å². The normalized spacial score (nSPS) is 33.4. The molecule has 0 radical (unpaired) electrons. The molecule has 1 saturated heterocycles. The maximum Gasteiger partial charge on any atom is 0.0221 e. The summed E-state index contributed by atoms with van der Waals surface area (Å²) in [5.41, 5.74) is 0.549. The Kier molecular flexibility index (Phi) is 3.36. The van der Waals surface area contributed by atoms with Crippen LogP contribution in [0.5, 0.6) is 0 Å². The summed E-state index contributed by atoms with van der Waals surface area (Å²) >= 11 is 0. The summed E-state index contributed by atoms with van der Waals surface area (Å²) in [5.74, 6) is 0.816. The van der Waals surface area contributed by atoms with Gasteiger partial charge in [0.25, 0.3) is 0 Å². The molecule has 2 unspecified atom stereocenters. The lowest BCUT2D eigenvalue weighted by molar-refractivity contribution is 0.00299. The van der Waals surface area contributed by atoms with Crippen LogP contribution in [-0.4, -0.2) is 36.1 Å². The van der Waals surface area contributed by atoms with Gasteiger partial charge in [0.15, 0.2) is 0 Å². The first kappa shape index (κ1) is 11.4. The van der Waals surface area contributed by atoms with E-state index in [1.807, 2.05) is 0 Å². The van der Waals surface area contributed by atoms with Gasteiger partial charge in [-0.2, -0.15) is 0 Å². The fourth-order valence-electron chi connectivity index (χ4n) is 2.94. The van der Waals surface area contributed by atoms with Crippen molar-refractivity contribution in [2.75, 3.05) is 19.6 Å². The second-order valence-electron chi connectivity index (χ2n) is 5.74. The summed E-state index contributed by atoms with van der Waals surface area (Å²) < 4.78 is 0. The molecule has 2 fully saturated rings. The van der Waals surface area contributed by atoms with Crippen LogP contribution in [0.1, 0.15) is 46.5 Å². The summed E-state index contributed by atoms with van der Waals surface area (Å²) in [5, 5.41) is 3.68. The van der Waals surface area contributed by atoms with Gasteiger partial charge < -0.3 is 5.32 Å². The first-order valence-electron chi connectivity index (χ1n) is 6.64. The third kappa shape index (κ3) is 2.21. The van der Waals surface area contributed by atoms with E-state index in [2.05, 4.69) is 31.0 Å². The van der Waals surface area contributed by atoms with Crippen molar-refractivity contribution in [3.05, 3.63) is 0 Å². The lowest BCUT2D eigenvalue weighted by Crippen LogP contribution is -2.62. The molecule has 0 aromatic heterocycles. The smallest absolute Gasteiger partial charge is 0.0221 e. The van der Waals surface area contributed by atoms with Crippen molar-refractivity contribution in [3.8, 4) is 0 Å². The average Bonchev–Trinajstić information content (AvgIpc) is 2.25. The van der Waals surface area contributed by atoms with Crippen molar-refractivity contribution in [1.29, 1.82) is 0 Å². The number of rotatable bonds is 3. The van der Waals surface area contributed by atoms with Crippen LogP contribution in [0, 0.1) is 5.92 Å². The van der Waals surface area contributed by atoms with Crippen molar-refractivity contribution in [2.24, 2.45) is 5.92 Å². The molecule has 2 atom stereocenters. The molecule has 0 bridgehead atoms. The molecule has 2 nitrogen and oxygen atoms in total. The van der Waals surface area contributed by atoms with Gasteiger partial charge in [-0.05, 0) is 32.1 Å². The van der Waals surface area contributed by atoms with E-state index in [1.165, 1.54) is 45.3 Å². The van der Waals surface area contributed by atoms with Gasteiger partial charge in [0.05, 0.1) is 0 Å². The highest BCUT2D eigenvalue weighted by Crippen LogP contribution is 2.37. The molecule has 0 spiro atoms. The fraction of sp³-hybridized carbons (Fsp3) is 1.00. The van der Waals surface area contributed by atoms with Crippen LogP contribution < -0.4 is 5.32 Å². The highest BCUT2D eigenvalue weighted by molar-refractivity contribution is 4.97. The second kappa shape index (κ2) is 4.42. The Balaban J connectivity index is 1.92. The molecular weight excluding hydrogens is 184 g/mol. The Labute approximate surface area is 94.4 Å². The Hall–Kier alpha value is -0.0800. The molecule has 88 valence electrons. The Bertz CT molecular complexity index is 211. The van der Waals surface area contributed by atoms with Crippen molar-refractivity contribution in [1.82, 2.24) is 10.2 Å². The fourth-order valence-corrected chi connectivity index (χ4v) is 2.94. The molecule has 0 aromatic rings. The van der Waals surface area contributed by atoms with Crippen LogP contribution in [0.25, 0.3) is 0 Å². The first-order valence-corrected chi connectivity index (χ1v) is 6.64. The van der Waals surface area contributed by atoms with Crippen LogP contribution in [0.3, 0.4) is 0 Å². The number of piperazine rings is 1. The van der Waals surface area contributed by atoms with Gasteiger partial charge in [0.2, 0.25) is 0 Å². The molecule has 1 aliphatic carbocycles. The summed E-state index contributed by atoms with van der Waals surface area (Å²) in [6.07, 6.45) is 5.57. The molecule has 15 heavy (non-hydrogen) atoms. The molecule has 1 heterocycles. The van der Waals surface area contributed by atoms with E-state index in [9.17, 15) is 0 Å². The summed E-state index contributed by atoms with van der Waals surface area (Å²) in [4.78, 5) is 2.74. The van der Waals surface area contributed by atoms with Crippen LogP contribution in [-0.2, 0) is 0 Å². The highest BCUT2D eigenvalue weighted by Gasteiger charge is 2.40. The molecule has 2 rings (SSSR count). The minimum atomic E-state index is 0.549. The quantitative estimate of drug-likeness (QED) is 0.768. The Morgan fingerprint density at radius 3 is 2.73 bits per heavy atom. The van der Waals surface area contributed by atoms with Crippen LogP contribution >= 0.6 is 0 Å². The van der Waals surface area contributed by atoms with E-state index in [-0.39, 0.29) is 0 Å². The third-order valence-corrected chi connectivity index (χ3v) is 4.73. The maximum atomic E-state index is 3.68. The monoisotopic (exact) mass is 210 g/mol. The first-order chi connectivity index (χ1) is 7.15. The van der Waals surface area contributed by atoms with Crippen molar-refractivity contribution in [3.63, 3.8) is 0 Å². The summed E-state index contributed by atoms with van der Waals surface area (Å²) in [7, 11) is 0. The van der Waals surface area contributed by atoms with Crippen molar-refractivity contribution < 1.29 is 0 Å². The van der Waals surface area contributed by atoms with Crippen LogP contribution in [0.2, 0.25) is 0 Å². The topological polar surface area (TPSA) is 15.3 Å². The van der Waals surface area contributed by atoms with Crippen LogP contribution in [0.15, 0.2) is 0 Å². The van der Waals surface area contributed by atoms with E-state index in [4.69, 9.17) is 0 Å². The lowest BCUT2D eigenvalue weighted by Gasteiger charge is -2.52. The van der Waals surface area contributed by atoms with E-state index in [0.717, 1.165) is 12.0 Å². The Morgan fingerprint density at radius 2 is 2.20 bits per heavy atom. The van der Waals surface area contributed by atoms with E-state index < -0.39 is 0 Å². The van der Waals surface area contributed by atoms with Crippen molar-refractivity contribution in [2.45, 2.75) is 58.0 Å². The minimum absolute atomic E-state index is 0.549. The van der Waals surface area contributed by atoms with E-state index in [1.54, 1.807) is 0 Å². The molecule has 1 saturated carbocycles. The van der Waals surface area contributed by atoms with Crippen LogP contribution in [0.4, 0.5) is 0 Å². The van der Waals surface area contributed by atoms with Gasteiger partial charge in [-0.25, -0.2) is 0 Å². The zero-order chi connectivity index (χ0) is 10.9. The van der Waals surface area contributed by atoms with Gasteiger partial charge >= 0.3 is 0 Å². The number of nitrogens with zero attached hydrogens (tertiary/aromatic N) is 1. The van der Waals surface area contributed by atoms with E-state index in [0.29, 0.717) is 5.54 Å². The largest absolute Gasteiger partial charge is 0.311 e. The molecule has 2 heteroatoms. The minimum Gasteiger partial charge on any atom is -0.311 e. The van der Waals surface area contributed by atoms with Gasteiger partial charge in [-0.15, -0.1) is 0 Å². The molecule has 2 aliphatic rings. The van der Waals surface area contributed by atoms with Gasteiger partial charge in [0, 0.05) is 31.2 Å². The molecule has 0 amide bonds. The highest BCUT2D eigenvalue weighted by atomic mass is 15.3. The Morgan fingerprint density at radius 1 is 1.47 bits per heavy atom. The van der Waals surface area contributed by atoms with Gasteiger partial charge in [0.1, 0.15) is 0 Å². The average molecular weight is 210 g/mol. The maximum absolute atomic E-state index is 3.68. The number of hydrogen-bond donors (Lipinski definition) is 1. The SMILES string of the molecule is CCC(C)C1CN(C2(C)CCC2)CCN1. The summed E-state index contributed by atoms with van der Waals surface area (Å²) in [6.45, 7) is 10.8. The standard InChI is InChI=1S/C13H26N2/c1-4-11(2)12-10-15(9-8-14-12)13(3)6-5-7-13/h11-12,14H,4-10H2,1-3H3. The predicted molar refractivity (Wildman–Crippen MR) is 65.1 cm³/mol. The summed E-state index contributed by atoms with van der Waals surface area (Å²) in [6, 6.07) is 0.723. The third-order valence-electron chi connectivity index (χ3n) is 4.73. The lowest BCUT2D eigenvalue weighted by atomic mass is 9.76. The second-order valence-corrected chi connectivity index (χ2v) is 5.74. The molecule has 0 aromatic carbocycles. The number of nitrogens with one attached hydrogen (secondary N) is 1. The molecule has 1 N–H and O–H groups in total. The predicted octanol–water partition coefficient (Wildman–Crippen LogP) is 2.25. The zero-order valence-corrected chi connectivity index (χ0v) is 10.6. The molecular formula is C13H26N2. The van der Waals surface area contributed by atoms with Crippen molar-refractivity contribution >= 4 is 0 Å².